The number of nitro benzene ring substituents is 3. The van der Waals surface area contributed by atoms with Gasteiger partial charge in [-0.3, -0.25) is 30.3 Å². The quantitative estimate of drug-likeness (QED) is 0.389. The fraction of sp³-hybridized carbons (Fsp3) is 0.190. The number of non-ortho nitro benzene ring substituents is 1. The van der Waals surface area contributed by atoms with Crippen molar-refractivity contribution in [3.8, 4) is 5.69 Å². The molecule has 11 nitrogen and oxygen atoms in total. The highest BCUT2D eigenvalue weighted by atomic mass is 16.6. The minimum Gasteiger partial charge on any atom is -0.258 e. The molecular weight excluding hydrogens is 418 g/mol. The molecule has 0 radical (unpaired) electrons. The van der Waals surface area contributed by atoms with Crippen LogP contribution in [-0.4, -0.2) is 24.6 Å². The minimum atomic E-state index is -0.907. The number of nitro groups is 3. The number of hydrogen-bond acceptors (Lipinski definition) is 7. The van der Waals surface area contributed by atoms with E-state index < -0.39 is 31.8 Å². The summed E-state index contributed by atoms with van der Waals surface area (Å²) in [7, 11) is 0. The van der Waals surface area contributed by atoms with E-state index in [4.69, 9.17) is 0 Å². The fourth-order valence-corrected chi connectivity index (χ4v) is 3.36. The van der Waals surface area contributed by atoms with E-state index in [-0.39, 0.29) is 5.56 Å². The van der Waals surface area contributed by atoms with Crippen LogP contribution in [0.2, 0.25) is 0 Å². The Bertz CT molecular complexity index is 1270. The van der Waals surface area contributed by atoms with Crippen molar-refractivity contribution in [2.24, 2.45) is 0 Å². The molecule has 11 heteroatoms. The first-order valence-corrected chi connectivity index (χ1v) is 9.44. The summed E-state index contributed by atoms with van der Waals surface area (Å²) in [6, 6.07) is 7.30. The lowest BCUT2D eigenvalue weighted by Gasteiger charge is -2.07. The van der Waals surface area contributed by atoms with Crippen LogP contribution in [0.15, 0.2) is 30.3 Å². The Morgan fingerprint density at radius 3 is 1.84 bits per heavy atom. The molecule has 1 heterocycles. The number of nitrogens with zero attached hydrogens (tertiary/aromatic N) is 5. The number of aromatic nitrogens is 2. The Kier molecular flexibility index (Phi) is 5.83. The number of hydrogen-bond donors (Lipinski definition) is 0. The lowest BCUT2D eigenvalue weighted by molar-refractivity contribution is -0.403. The van der Waals surface area contributed by atoms with Crippen LogP contribution in [0.4, 0.5) is 17.1 Å². The lowest BCUT2D eigenvalue weighted by atomic mass is 10.1. The van der Waals surface area contributed by atoms with E-state index in [1.807, 2.05) is 39.0 Å². The lowest BCUT2D eigenvalue weighted by Crippen LogP contribution is -2.00. The van der Waals surface area contributed by atoms with Gasteiger partial charge in [0.2, 0.25) is 0 Å². The summed E-state index contributed by atoms with van der Waals surface area (Å²) in [5, 5.41) is 38.5. The second-order valence-corrected chi connectivity index (χ2v) is 7.27. The predicted molar refractivity (Wildman–Crippen MR) is 118 cm³/mol. The molecule has 0 N–H and O–H groups in total. The van der Waals surface area contributed by atoms with Gasteiger partial charge in [0.25, 0.3) is 17.1 Å². The average molecular weight is 437 g/mol. The monoisotopic (exact) mass is 437 g/mol. The van der Waals surface area contributed by atoms with E-state index in [0.717, 1.165) is 22.5 Å². The van der Waals surface area contributed by atoms with Crippen LogP contribution in [0.25, 0.3) is 17.8 Å². The Morgan fingerprint density at radius 1 is 0.781 bits per heavy atom. The normalized spacial score (nSPS) is 11.1. The number of aryl methyl sites for hydroxylation is 3. The molecule has 0 amide bonds. The van der Waals surface area contributed by atoms with E-state index in [1.165, 1.54) is 12.2 Å². The third-order valence-corrected chi connectivity index (χ3v) is 5.22. The molecule has 3 aromatic rings. The Labute approximate surface area is 182 Å². The van der Waals surface area contributed by atoms with Gasteiger partial charge in [0.15, 0.2) is 0 Å². The molecular formula is C21H19N5O6. The maximum atomic E-state index is 11.5. The topological polar surface area (TPSA) is 147 Å². The summed E-state index contributed by atoms with van der Waals surface area (Å²) < 4.78 is 1.72. The van der Waals surface area contributed by atoms with Crippen molar-refractivity contribution >= 4 is 29.2 Å². The molecule has 0 bridgehead atoms. The molecule has 0 saturated heterocycles. The zero-order chi connectivity index (χ0) is 23.7. The van der Waals surface area contributed by atoms with Crippen molar-refractivity contribution in [3.05, 3.63) is 94.3 Å². The Hall–Kier alpha value is -4.41. The highest BCUT2D eigenvalue weighted by Gasteiger charge is 2.29. The van der Waals surface area contributed by atoms with Gasteiger partial charge in [0.1, 0.15) is 5.56 Å². The smallest absolute Gasteiger partial charge is 0.258 e. The van der Waals surface area contributed by atoms with Crippen molar-refractivity contribution in [2.45, 2.75) is 27.7 Å². The van der Waals surface area contributed by atoms with Gasteiger partial charge < -0.3 is 0 Å². The van der Waals surface area contributed by atoms with Gasteiger partial charge in [-0.1, -0.05) is 12.1 Å². The maximum Gasteiger partial charge on any atom is 0.290 e. The summed E-state index contributed by atoms with van der Waals surface area (Å²) in [6.45, 7) is 7.55. The summed E-state index contributed by atoms with van der Waals surface area (Å²) in [5.41, 5.74) is 2.53. The van der Waals surface area contributed by atoms with Crippen LogP contribution in [-0.2, 0) is 0 Å². The molecule has 0 aliphatic heterocycles. The highest BCUT2D eigenvalue weighted by Crippen LogP contribution is 2.35. The van der Waals surface area contributed by atoms with E-state index in [2.05, 4.69) is 5.10 Å². The standard InChI is InChI=1S/C21H19N5O6/c1-12-5-6-16(9-13(12)2)23-15(4)18(14(3)22-23)7-8-19-20(25(29)30)10-17(24(27)28)11-21(19)26(31)32/h5-11H,1-4H3/b8-7+. The van der Waals surface area contributed by atoms with Gasteiger partial charge >= 0.3 is 0 Å². The first kappa shape index (κ1) is 22.3. The molecule has 1 aromatic heterocycles. The molecule has 0 saturated carbocycles. The Morgan fingerprint density at radius 2 is 1.34 bits per heavy atom. The average Bonchev–Trinajstić information content (AvgIpc) is 3.01. The van der Waals surface area contributed by atoms with Gasteiger partial charge in [-0.25, -0.2) is 4.68 Å². The fourth-order valence-electron chi connectivity index (χ4n) is 3.36. The summed E-state index contributed by atoms with van der Waals surface area (Å²) in [5.74, 6) is 0. The van der Waals surface area contributed by atoms with Gasteiger partial charge in [-0.2, -0.15) is 5.10 Å². The second-order valence-electron chi connectivity index (χ2n) is 7.27. The SMILES string of the molecule is Cc1ccc(-n2nc(C)c(/C=C/c3c([N+](=O)[O-])cc([N+](=O)[O-])cc3[N+](=O)[O-])c2C)cc1C. The molecule has 0 unspecified atom stereocenters. The minimum absolute atomic E-state index is 0.330. The maximum absolute atomic E-state index is 11.5. The van der Waals surface area contributed by atoms with Crippen molar-refractivity contribution in [3.63, 3.8) is 0 Å². The number of benzene rings is 2. The third kappa shape index (κ3) is 4.08. The molecule has 0 aliphatic carbocycles. The van der Waals surface area contributed by atoms with Crippen molar-refractivity contribution in [2.75, 3.05) is 0 Å². The van der Waals surface area contributed by atoms with E-state index in [1.54, 1.807) is 11.6 Å². The molecule has 2 aromatic carbocycles. The van der Waals surface area contributed by atoms with Gasteiger partial charge in [-0.15, -0.1) is 0 Å². The van der Waals surface area contributed by atoms with Gasteiger partial charge in [0.05, 0.1) is 38.3 Å². The zero-order valence-electron chi connectivity index (χ0n) is 17.7. The predicted octanol–water partition coefficient (Wildman–Crippen LogP) is 5.00. The summed E-state index contributed by atoms with van der Waals surface area (Å²) in [6.07, 6.45) is 2.72. The van der Waals surface area contributed by atoms with E-state index in [9.17, 15) is 30.3 Å². The largest absolute Gasteiger partial charge is 0.290 e. The summed E-state index contributed by atoms with van der Waals surface area (Å²) >= 11 is 0. The molecule has 0 spiro atoms. The van der Waals surface area contributed by atoms with Crippen LogP contribution in [0.1, 0.15) is 33.6 Å². The van der Waals surface area contributed by atoms with Crippen LogP contribution in [0.3, 0.4) is 0 Å². The van der Waals surface area contributed by atoms with Crippen molar-refractivity contribution < 1.29 is 14.8 Å². The van der Waals surface area contributed by atoms with Crippen molar-refractivity contribution in [1.82, 2.24) is 9.78 Å². The van der Waals surface area contributed by atoms with Gasteiger partial charge in [-0.05, 0) is 57.0 Å². The first-order valence-electron chi connectivity index (χ1n) is 9.44. The van der Waals surface area contributed by atoms with Crippen LogP contribution in [0.5, 0.6) is 0 Å². The number of rotatable bonds is 6. The van der Waals surface area contributed by atoms with Crippen LogP contribution < -0.4 is 0 Å². The first-order chi connectivity index (χ1) is 15.0. The van der Waals surface area contributed by atoms with Gasteiger partial charge in [0, 0.05) is 11.3 Å². The van der Waals surface area contributed by atoms with E-state index >= 15 is 0 Å². The third-order valence-electron chi connectivity index (χ3n) is 5.22. The molecule has 164 valence electrons. The molecule has 3 rings (SSSR count). The molecule has 32 heavy (non-hydrogen) atoms. The van der Waals surface area contributed by atoms with Crippen LogP contribution >= 0.6 is 0 Å². The molecule has 0 fully saturated rings. The highest BCUT2D eigenvalue weighted by molar-refractivity contribution is 5.82. The van der Waals surface area contributed by atoms with Crippen molar-refractivity contribution in [1.29, 1.82) is 0 Å². The zero-order valence-corrected chi connectivity index (χ0v) is 17.7. The molecule has 0 atom stereocenters. The second kappa shape index (κ2) is 8.38. The molecule has 0 aliphatic rings. The van der Waals surface area contributed by atoms with Crippen LogP contribution in [0, 0.1) is 58.0 Å². The summed E-state index contributed by atoms with van der Waals surface area (Å²) in [4.78, 5) is 31.3. The Balaban J connectivity index is 2.15. The van der Waals surface area contributed by atoms with E-state index in [0.29, 0.717) is 23.4 Å².